The molecule has 0 radical (unpaired) electrons. The highest BCUT2D eigenvalue weighted by molar-refractivity contribution is 5.98. The summed E-state index contributed by atoms with van der Waals surface area (Å²) < 4.78 is 5.11. The number of benzene rings is 1. The molecule has 20 heavy (non-hydrogen) atoms. The number of hydrogen-bond donors (Lipinski definition) is 1. The van der Waals surface area contributed by atoms with Crippen LogP contribution in [0.5, 0.6) is 5.75 Å². The second-order valence-corrected chi connectivity index (χ2v) is 4.54. The second kappa shape index (κ2) is 8.32. The van der Waals surface area contributed by atoms with Crippen molar-refractivity contribution in [1.82, 2.24) is 10.2 Å². The van der Waals surface area contributed by atoms with Gasteiger partial charge in [0.1, 0.15) is 5.75 Å². The van der Waals surface area contributed by atoms with Crippen molar-refractivity contribution >= 4 is 11.7 Å². The monoisotopic (exact) mass is 278 g/mol. The Labute approximate surface area is 119 Å². The summed E-state index contributed by atoms with van der Waals surface area (Å²) >= 11 is 0. The molecule has 1 aromatic carbocycles. The van der Waals surface area contributed by atoms with Crippen molar-refractivity contribution in [2.45, 2.75) is 13.3 Å². The molecule has 0 aliphatic carbocycles. The Morgan fingerprint density at radius 2 is 2.05 bits per heavy atom. The van der Waals surface area contributed by atoms with Gasteiger partial charge in [-0.3, -0.25) is 14.5 Å². The third kappa shape index (κ3) is 5.01. The topological polar surface area (TPSA) is 58.6 Å². The van der Waals surface area contributed by atoms with Gasteiger partial charge in [-0.05, 0) is 25.1 Å². The summed E-state index contributed by atoms with van der Waals surface area (Å²) in [5.41, 5.74) is 0.599. The standard InChI is InChI=1S/C15H22N2O3/c1-4-8-17(11-15(19)16-2)10-14(18)12-6-5-7-13(9-12)20-3/h5-7,9H,4,8,10-11H2,1-3H3,(H,16,19). The first-order chi connectivity index (χ1) is 9.60. The Balaban J connectivity index is 2.71. The van der Waals surface area contributed by atoms with E-state index in [0.29, 0.717) is 17.9 Å². The number of rotatable bonds is 8. The van der Waals surface area contributed by atoms with Gasteiger partial charge >= 0.3 is 0 Å². The highest BCUT2D eigenvalue weighted by atomic mass is 16.5. The minimum atomic E-state index is -0.0862. The van der Waals surface area contributed by atoms with Crippen LogP contribution in [0.25, 0.3) is 0 Å². The summed E-state index contributed by atoms with van der Waals surface area (Å²) in [4.78, 5) is 25.5. The van der Waals surface area contributed by atoms with E-state index < -0.39 is 0 Å². The van der Waals surface area contributed by atoms with Crippen molar-refractivity contribution in [3.05, 3.63) is 29.8 Å². The van der Waals surface area contributed by atoms with E-state index in [0.717, 1.165) is 6.42 Å². The summed E-state index contributed by atoms with van der Waals surface area (Å²) in [6.07, 6.45) is 0.891. The number of carbonyl (C=O) groups is 2. The van der Waals surface area contributed by atoms with E-state index in [1.54, 1.807) is 38.4 Å². The number of nitrogens with one attached hydrogen (secondary N) is 1. The highest BCUT2D eigenvalue weighted by Gasteiger charge is 2.15. The molecule has 0 heterocycles. The van der Waals surface area contributed by atoms with Gasteiger partial charge in [0.2, 0.25) is 5.91 Å². The largest absolute Gasteiger partial charge is 0.497 e. The molecule has 0 saturated carbocycles. The molecule has 110 valence electrons. The van der Waals surface area contributed by atoms with Crippen LogP contribution in [-0.4, -0.2) is 50.4 Å². The molecule has 1 aromatic rings. The Morgan fingerprint density at radius 3 is 2.65 bits per heavy atom. The molecule has 0 bridgehead atoms. The molecule has 0 aliphatic rings. The van der Waals surface area contributed by atoms with Crippen LogP contribution in [0.4, 0.5) is 0 Å². The van der Waals surface area contributed by atoms with Gasteiger partial charge in [-0.25, -0.2) is 0 Å². The smallest absolute Gasteiger partial charge is 0.233 e. The molecule has 5 heteroatoms. The Bertz CT molecular complexity index is 460. The van der Waals surface area contributed by atoms with Crippen molar-refractivity contribution in [3.63, 3.8) is 0 Å². The first-order valence-corrected chi connectivity index (χ1v) is 6.70. The average Bonchev–Trinajstić information content (AvgIpc) is 2.47. The van der Waals surface area contributed by atoms with E-state index >= 15 is 0 Å². The summed E-state index contributed by atoms with van der Waals surface area (Å²) in [6.45, 7) is 3.20. The number of ketones is 1. The predicted molar refractivity (Wildman–Crippen MR) is 78.1 cm³/mol. The third-order valence-electron chi connectivity index (χ3n) is 2.94. The van der Waals surface area contributed by atoms with Crippen LogP contribution in [0.2, 0.25) is 0 Å². The molecular weight excluding hydrogens is 256 g/mol. The summed E-state index contributed by atoms with van der Waals surface area (Å²) in [6, 6.07) is 7.06. The quantitative estimate of drug-likeness (QED) is 0.729. The fourth-order valence-electron chi connectivity index (χ4n) is 1.90. The van der Waals surface area contributed by atoms with E-state index in [9.17, 15) is 9.59 Å². The van der Waals surface area contributed by atoms with Crippen LogP contribution in [0.15, 0.2) is 24.3 Å². The van der Waals surface area contributed by atoms with Crippen LogP contribution in [0, 0.1) is 0 Å². The predicted octanol–water partition coefficient (Wildman–Crippen LogP) is 1.34. The Hall–Kier alpha value is -1.88. The molecule has 0 unspecified atom stereocenters. The van der Waals surface area contributed by atoms with Gasteiger partial charge in [0, 0.05) is 12.6 Å². The average molecular weight is 278 g/mol. The number of carbonyl (C=O) groups excluding carboxylic acids is 2. The van der Waals surface area contributed by atoms with Gasteiger partial charge < -0.3 is 10.1 Å². The maximum Gasteiger partial charge on any atom is 0.233 e. The molecule has 0 atom stereocenters. The molecule has 1 rings (SSSR count). The van der Waals surface area contributed by atoms with Crippen LogP contribution in [0.1, 0.15) is 23.7 Å². The van der Waals surface area contributed by atoms with E-state index in [1.807, 2.05) is 11.8 Å². The minimum Gasteiger partial charge on any atom is -0.497 e. The number of ether oxygens (including phenoxy) is 1. The molecule has 1 N–H and O–H groups in total. The van der Waals surface area contributed by atoms with Crippen molar-refractivity contribution in [1.29, 1.82) is 0 Å². The Kier molecular flexibility index (Phi) is 6.73. The molecular formula is C15H22N2O3. The summed E-state index contributed by atoms with van der Waals surface area (Å²) in [5.74, 6) is 0.558. The van der Waals surface area contributed by atoms with Crippen molar-refractivity contribution in [2.75, 3.05) is 33.8 Å². The van der Waals surface area contributed by atoms with Crippen LogP contribution in [0.3, 0.4) is 0 Å². The van der Waals surface area contributed by atoms with Crippen molar-refractivity contribution in [3.8, 4) is 5.75 Å². The van der Waals surface area contributed by atoms with Crippen molar-refractivity contribution < 1.29 is 14.3 Å². The lowest BCUT2D eigenvalue weighted by Gasteiger charge is -2.19. The van der Waals surface area contributed by atoms with Gasteiger partial charge in [-0.15, -0.1) is 0 Å². The Morgan fingerprint density at radius 1 is 1.30 bits per heavy atom. The second-order valence-electron chi connectivity index (χ2n) is 4.54. The number of Topliss-reactive ketones (excluding diaryl/α,β-unsaturated/α-hetero) is 1. The number of amides is 1. The van der Waals surface area contributed by atoms with E-state index in [1.165, 1.54) is 0 Å². The van der Waals surface area contributed by atoms with Gasteiger partial charge in [0.25, 0.3) is 0 Å². The molecule has 0 aliphatic heterocycles. The first kappa shape index (κ1) is 16.2. The lowest BCUT2D eigenvalue weighted by Crippen LogP contribution is -2.39. The fourth-order valence-corrected chi connectivity index (χ4v) is 1.90. The van der Waals surface area contributed by atoms with Crippen LogP contribution < -0.4 is 10.1 Å². The number of nitrogens with zero attached hydrogens (tertiary/aromatic N) is 1. The fraction of sp³-hybridized carbons (Fsp3) is 0.467. The number of likely N-dealkylation sites (N-methyl/N-ethyl adjacent to an activating group) is 1. The zero-order valence-electron chi connectivity index (χ0n) is 12.3. The molecule has 0 saturated heterocycles. The first-order valence-electron chi connectivity index (χ1n) is 6.70. The molecule has 0 spiro atoms. The zero-order chi connectivity index (χ0) is 15.0. The van der Waals surface area contributed by atoms with Gasteiger partial charge in [-0.1, -0.05) is 19.1 Å². The third-order valence-corrected chi connectivity index (χ3v) is 2.94. The lowest BCUT2D eigenvalue weighted by molar-refractivity contribution is -0.121. The number of methoxy groups -OCH3 is 1. The normalized spacial score (nSPS) is 10.4. The number of hydrogen-bond acceptors (Lipinski definition) is 4. The van der Waals surface area contributed by atoms with Gasteiger partial charge in [0.05, 0.1) is 20.2 Å². The van der Waals surface area contributed by atoms with Gasteiger partial charge in [-0.2, -0.15) is 0 Å². The molecule has 0 fully saturated rings. The molecule has 0 aromatic heterocycles. The zero-order valence-corrected chi connectivity index (χ0v) is 12.3. The van der Waals surface area contributed by atoms with Crippen molar-refractivity contribution in [2.24, 2.45) is 0 Å². The SMILES string of the molecule is CCCN(CC(=O)NC)CC(=O)c1cccc(OC)c1. The van der Waals surface area contributed by atoms with E-state index in [4.69, 9.17) is 4.74 Å². The van der Waals surface area contributed by atoms with E-state index in [2.05, 4.69) is 5.32 Å². The maximum absolute atomic E-state index is 12.2. The van der Waals surface area contributed by atoms with Gasteiger partial charge in [0.15, 0.2) is 5.78 Å². The molecule has 1 amide bonds. The maximum atomic E-state index is 12.2. The lowest BCUT2D eigenvalue weighted by atomic mass is 10.1. The van der Waals surface area contributed by atoms with Crippen LogP contribution in [-0.2, 0) is 4.79 Å². The van der Waals surface area contributed by atoms with Crippen LogP contribution >= 0.6 is 0 Å². The summed E-state index contributed by atoms with van der Waals surface area (Å²) in [7, 11) is 3.16. The minimum absolute atomic E-state index is 0.0127. The summed E-state index contributed by atoms with van der Waals surface area (Å²) in [5, 5.41) is 2.57. The van der Waals surface area contributed by atoms with E-state index in [-0.39, 0.29) is 24.8 Å². The molecule has 5 nitrogen and oxygen atoms in total. The highest BCUT2D eigenvalue weighted by Crippen LogP contribution is 2.13.